The van der Waals surface area contributed by atoms with E-state index in [0.717, 1.165) is 5.69 Å². The number of nitrogens with one attached hydrogen (secondary N) is 2. The van der Waals surface area contributed by atoms with Crippen LogP contribution in [0.2, 0.25) is 0 Å². The van der Waals surface area contributed by atoms with Crippen LogP contribution in [0.5, 0.6) is 0 Å². The van der Waals surface area contributed by atoms with E-state index in [1.165, 1.54) is 11.2 Å². The third kappa shape index (κ3) is 6.66. The third-order valence-electron chi connectivity index (χ3n) is 5.67. The number of alkyl halides is 2. The highest BCUT2D eigenvalue weighted by molar-refractivity contribution is 5.94. The molecular formula is C22H27F2N5O7. The van der Waals surface area contributed by atoms with E-state index in [2.05, 4.69) is 10.9 Å². The van der Waals surface area contributed by atoms with Crippen LogP contribution < -0.4 is 21.6 Å². The van der Waals surface area contributed by atoms with Crippen molar-refractivity contribution in [2.24, 2.45) is 11.7 Å². The lowest BCUT2D eigenvalue weighted by Gasteiger charge is -2.39. The first kappa shape index (κ1) is 26.8. The molecule has 0 unspecified atom stereocenters. The largest absolute Gasteiger partial charge is 0.465 e. The number of Topliss-reactive ketones (excluding diaryl/α,β-unsaturated/α-hetero) is 1. The van der Waals surface area contributed by atoms with Gasteiger partial charge in [-0.1, -0.05) is 23.8 Å². The van der Waals surface area contributed by atoms with Crippen LogP contribution in [0.25, 0.3) is 0 Å². The molecule has 0 bridgehead atoms. The number of morpholine rings is 1. The zero-order valence-corrected chi connectivity index (χ0v) is 19.2. The number of carbonyl (C=O) groups excluding carboxylic acids is 3. The number of allylic oxidation sites excluding steroid dienone is 1. The molecule has 0 radical (unpaired) electrons. The average molecular weight is 511 g/mol. The number of rotatable bonds is 11. The quantitative estimate of drug-likeness (QED) is 0.314. The fourth-order valence-corrected chi connectivity index (χ4v) is 3.92. The summed E-state index contributed by atoms with van der Waals surface area (Å²) in [7, 11) is 0. The Kier molecular flexibility index (Phi) is 8.77. The highest BCUT2D eigenvalue weighted by Crippen LogP contribution is 2.34. The van der Waals surface area contributed by atoms with Crippen LogP contribution in [0.15, 0.2) is 42.3 Å². The molecule has 36 heavy (non-hydrogen) atoms. The number of hydrogen-bond donors (Lipinski definition) is 4. The third-order valence-corrected chi connectivity index (χ3v) is 5.67. The molecule has 1 fully saturated rings. The van der Waals surface area contributed by atoms with E-state index in [9.17, 15) is 33.1 Å². The van der Waals surface area contributed by atoms with Gasteiger partial charge in [-0.05, 0) is 18.6 Å². The summed E-state index contributed by atoms with van der Waals surface area (Å²) in [4.78, 5) is 53.5. The number of primary amides is 1. The highest BCUT2D eigenvalue weighted by atomic mass is 19.3. The van der Waals surface area contributed by atoms with E-state index in [0.29, 0.717) is 4.90 Å². The van der Waals surface area contributed by atoms with Crippen LogP contribution >= 0.6 is 0 Å². The van der Waals surface area contributed by atoms with Gasteiger partial charge in [0.05, 0.1) is 37.6 Å². The van der Waals surface area contributed by atoms with E-state index in [1.54, 1.807) is 12.1 Å². The molecule has 1 saturated heterocycles. The molecule has 2 heterocycles. The van der Waals surface area contributed by atoms with Gasteiger partial charge in [-0.25, -0.2) is 18.6 Å². The smallest absolute Gasteiger partial charge is 0.407 e. The number of nitrogens with zero attached hydrogens (tertiary/aromatic N) is 2. The number of anilines is 1. The van der Waals surface area contributed by atoms with Crippen molar-refractivity contribution in [2.75, 3.05) is 31.3 Å². The van der Waals surface area contributed by atoms with Crippen molar-refractivity contribution in [1.82, 2.24) is 15.8 Å². The van der Waals surface area contributed by atoms with Crippen molar-refractivity contribution < 1.29 is 42.6 Å². The predicted molar refractivity (Wildman–Crippen MR) is 120 cm³/mol. The van der Waals surface area contributed by atoms with Crippen molar-refractivity contribution in [3.63, 3.8) is 0 Å². The summed E-state index contributed by atoms with van der Waals surface area (Å²) >= 11 is 0. The second kappa shape index (κ2) is 11.8. The van der Waals surface area contributed by atoms with E-state index in [4.69, 9.17) is 15.3 Å². The number of hydrazine groups is 1. The first-order chi connectivity index (χ1) is 17.1. The molecule has 0 aliphatic carbocycles. The van der Waals surface area contributed by atoms with Gasteiger partial charge in [0.1, 0.15) is 5.92 Å². The standard InChI is InChI=1S/C22H27F2N5O7/c23-22(24,19(20(25)32)15-13-35-10-9-28(15)21(33)34)11-18(31)26-8-4-7-16(30)17-12-29(27-36-17)14-5-2-1-3-6-14/h1-3,5-6,12,15,19,27H,4,7-11,13H2,(H2,25,32)(H,26,31)(H,33,34)/t15-,19+/m1/s1. The summed E-state index contributed by atoms with van der Waals surface area (Å²) in [5.41, 5.74) is 8.48. The number of para-hydroxylation sites is 1. The van der Waals surface area contributed by atoms with Crippen molar-refractivity contribution >= 4 is 29.4 Å². The minimum Gasteiger partial charge on any atom is -0.465 e. The summed E-state index contributed by atoms with van der Waals surface area (Å²) in [5, 5.41) is 13.1. The second-order valence-electron chi connectivity index (χ2n) is 8.21. The van der Waals surface area contributed by atoms with Crippen LogP contribution in [-0.4, -0.2) is 72.0 Å². The van der Waals surface area contributed by atoms with Gasteiger partial charge in [0, 0.05) is 19.5 Å². The maximum absolute atomic E-state index is 14.9. The van der Waals surface area contributed by atoms with E-state index < -0.39 is 48.8 Å². The lowest BCUT2D eigenvalue weighted by Crippen LogP contribution is -2.59. The number of amides is 3. The Morgan fingerprint density at radius 3 is 2.64 bits per heavy atom. The first-order valence-corrected chi connectivity index (χ1v) is 11.1. The number of nitrogens with two attached hydrogens (primary N) is 1. The van der Waals surface area contributed by atoms with Crippen LogP contribution in [0.1, 0.15) is 19.3 Å². The van der Waals surface area contributed by atoms with Crippen LogP contribution in [0, 0.1) is 5.92 Å². The number of ketones is 1. The Morgan fingerprint density at radius 2 is 1.97 bits per heavy atom. The maximum Gasteiger partial charge on any atom is 0.407 e. The first-order valence-electron chi connectivity index (χ1n) is 11.1. The fourth-order valence-electron chi connectivity index (χ4n) is 3.92. The number of benzene rings is 1. The summed E-state index contributed by atoms with van der Waals surface area (Å²) in [6.45, 7) is -0.757. The number of ether oxygens (including phenoxy) is 1. The van der Waals surface area contributed by atoms with E-state index >= 15 is 0 Å². The van der Waals surface area contributed by atoms with Crippen molar-refractivity contribution in [1.29, 1.82) is 0 Å². The topological polar surface area (TPSA) is 164 Å². The van der Waals surface area contributed by atoms with Gasteiger partial charge < -0.3 is 25.7 Å². The molecule has 14 heteroatoms. The molecule has 196 valence electrons. The van der Waals surface area contributed by atoms with Crippen LogP contribution in [-0.2, 0) is 24.0 Å². The van der Waals surface area contributed by atoms with Gasteiger partial charge in [-0.3, -0.25) is 19.3 Å². The molecule has 2 atom stereocenters. The average Bonchev–Trinajstić information content (AvgIpc) is 3.32. The van der Waals surface area contributed by atoms with Crippen molar-refractivity contribution in [2.45, 2.75) is 31.2 Å². The van der Waals surface area contributed by atoms with E-state index in [-0.39, 0.29) is 44.1 Å². The zero-order chi connectivity index (χ0) is 26.3. The summed E-state index contributed by atoms with van der Waals surface area (Å²) in [6, 6.07) is 7.53. The molecule has 0 spiro atoms. The van der Waals surface area contributed by atoms with E-state index in [1.807, 2.05) is 18.2 Å². The van der Waals surface area contributed by atoms with Gasteiger partial charge in [0.15, 0.2) is 0 Å². The lowest BCUT2D eigenvalue weighted by atomic mass is 9.88. The number of carboxylic acid groups (broad SMARTS) is 1. The van der Waals surface area contributed by atoms with Gasteiger partial charge in [-0.2, -0.15) is 0 Å². The Balaban J connectivity index is 1.48. The number of halogens is 2. The minimum absolute atomic E-state index is 0.0125. The summed E-state index contributed by atoms with van der Waals surface area (Å²) in [6.07, 6.45) is -1.30. The fraction of sp³-hybridized carbons (Fsp3) is 0.455. The molecule has 2 aliphatic heterocycles. The molecule has 3 rings (SSSR count). The highest BCUT2D eigenvalue weighted by Gasteiger charge is 2.52. The van der Waals surface area contributed by atoms with Gasteiger partial charge in [0.2, 0.25) is 23.4 Å². The minimum atomic E-state index is -3.93. The molecule has 12 nitrogen and oxygen atoms in total. The molecule has 0 saturated carbocycles. The summed E-state index contributed by atoms with van der Waals surface area (Å²) < 4.78 is 34.9. The Hall–Kier alpha value is -3.78. The molecule has 3 amide bonds. The molecule has 0 aromatic heterocycles. The molecular weight excluding hydrogens is 484 g/mol. The van der Waals surface area contributed by atoms with Crippen LogP contribution in [0.4, 0.5) is 19.3 Å². The molecule has 1 aromatic carbocycles. The lowest BCUT2D eigenvalue weighted by molar-refractivity contribution is -0.156. The number of carbonyl (C=O) groups is 4. The van der Waals surface area contributed by atoms with Crippen LogP contribution in [0.3, 0.4) is 0 Å². The Bertz CT molecular complexity index is 1010. The SMILES string of the molecule is NC(=O)[C@H]([C@H]1COCCN1C(=O)O)C(F)(F)CC(=O)NCCCC(=O)C1=CN(c2ccccc2)NO1. The number of hydrogen-bond acceptors (Lipinski definition) is 8. The van der Waals surface area contributed by atoms with Crippen molar-refractivity contribution in [3.05, 3.63) is 42.3 Å². The normalized spacial score (nSPS) is 18.7. The Labute approximate surface area is 204 Å². The van der Waals surface area contributed by atoms with Gasteiger partial charge in [0.25, 0.3) is 5.92 Å². The van der Waals surface area contributed by atoms with Crippen molar-refractivity contribution in [3.8, 4) is 0 Å². The van der Waals surface area contributed by atoms with Gasteiger partial charge >= 0.3 is 6.09 Å². The maximum atomic E-state index is 14.9. The predicted octanol–water partition coefficient (Wildman–Crippen LogP) is 0.755. The van der Waals surface area contributed by atoms with Gasteiger partial charge in [-0.15, -0.1) is 0 Å². The Morgan fingerprint density at radius 1 is 1.25 bits per heavy atom. The molecule has 1 aromatic rings. The summed E-state index contributed by atoms with van der Waals surface area (Å²) in [5.74, 6) is -9.01. The second-order valence-corrected chi connectivity index (χ2v) is 8.21. The zero-order valence-electron chi connectivity index (χ0n) is 19.2. The monoisotopic (exact) mass is 511 g/mol. The molecule has 2 aliphatic rings. The molecule has 5 N–H and O–H groups in total.